The van der Waals surface area contributed by atoms with Crippen molar-refractivity contribution in [1.82, 2.24) is 9.66 Å². The van der Waals surface area contributed by atoms with Crippen LogP contribution in [-0.4, -0.2) is 36.7 Å². The predicted octanol–water partition coefficient (Wildman–Crippen LogP) is 5.37. The van der Waals surface area contributed by atoms with Crippen molar-refractivity contribution in [3.05, 3.63) is 81.6 Å². The van der Waals surface area contributed by atoms with Crippen LogP contribution >= 0.6 is 11.6 Å². The van der Waals surface area contributed by atoms with E-state index in [2.05, 4.69) is 11.0 Å². The molecule has 0 unspecified atom stereocenters. The fourth-order valence-electron chi connectivity index (χ4n) is 3.94. The highest BCUT2D eigenvalue weighted by Crippen LogP contribution is 2.35. The lowest BCUT2D eigenvalue weighted by Crippen LogP contribution is -2.20. The minimum absolute atomic E-state index is 0.00236. The van der Waals surface area contributed by atoms with Crippen LogP contribution in [0.5, 0.6) is 17.2 Å². The third-order valence-electron chi connectivity index (χ3n) is 5.60. The van der Waals surface area contributed by atoms with E-state index in [1.807, 2.05) is 18.2 Å². The maximum atomic E-state index is 13.6. The molecule has 8 nitrogen and oxygen atoms in total. The molecule has 0 fully saturated rings. The molecule has 184 valence electrons. The lowest BCUT2D eigenvalue weighted by atomic mass is 10.2. The Balaban J connectivity index is 1.73. The number of rotatable bonds is 7. The molecule has 0 amide bonds. The van der Waals surface area contributed by atoms with Crippen molar-refractivity contribution in [1.29, 1.82) is 0 Å². The second-order valence-corrected chi connectivity index (χ2v) is 8.25. The molecule has 5 aromatic rings. The highest BCUT2D eigenvalue weighted by Gasteiger charge is 2.18. The topological polar surface area (TPSA) is 88.1 Å². The average Bonchev–Trinajstić information content (AvgIpc) is 3.36. The first-order valence-corrected chi connectivity index (χ1v) is 11.5. The van der Waals surface area contributed by atoms with E-state index in [1.54, 1.807) is 49.6 Å². The molecule has 9 heteroatoms. The normalized spacial score (nSPS) is 11.2. The average molecular weight is 514 g/mol. The second-order valence-electron chi connectivity index (χ2n) is 7.82. The highest BCUT2D eigenvalue weighted by molar-refractivity contribution is 6.31. The summed E-state index contributed by atoms with van der Waals surface area (Å²) in [6.45, 7) is 0.00236. The van der Waals surface area contributed by atoms with Crippen molar-refractivity contribution in [2.75, 3.05) is 20.8 Å². The third kappa shape index (κ3) is 4.48. The molecular weight excluding hydrogens is 494 g/mol. The molecule has 0 N–H and O–H groups in total. The van der Waals surface area contributed by atoms with Gasteiger partial charge < -0.3 is 18.6 Å². The Hall–Kier alpha value is -4.74. The van der Waals surface area contributed by atoms with E-state index in [0.717, 1.165) is 5.39 Å². The lowest BCUT2D eigenvalue weighted by Gasteiger charge is -2.12. The lowest BCUT2D eigenvalue weighted by molar-refractivity contribution is 0.330. The van der Waals surface area contributed by atoms with E-state index in [4.69, 9.17) is 41.6 Å². The van der Waals surface area contributed by atoms with Crippen LogP contribution in [0.3, 0.4) is 0 Å². The Morgan fingerprint density at radius 3 is 2.68 bits per heavy atom. The smallest absolute Gasteiger partial charge is 0.282 e. The monoisotopic (exact) mass is 513 g/mol. The summed E-state index contributed by atoms with van der Waals surface area (Å²) in [5, 5.41) is 6.00. The highest BCUT2D eigenvalue weighted by atomic mass is 35.5. The van der Waals surface area contributed by atoms with Crippen LogP contribution in [0.2, 0.25) is 5.02 Å². The summed E-state index contributed by atoms with van der Waals surface area (Å²) >= 11 is 6.28. The van der Waals surface area contributed by atoms with E-state index >= 15 is 0 Å². The summed E-state index contributed by atoms with van der Waals surface area (Å²) in [5.41, 5.74) is 1.15. The van der Waals surface area contributed by atoms with Crippen molar-refractivity contribution in [2.24, 2.45) is 5.10 Å². The van der Waals surface area contributed by atoms with Gasteiger partial charge >= 0.3 is 0 Å². The predicted molar refractivity (Wildman–Crippen MR) is 143 cm³/mol. The van der Waals surface area contributed by atoms with E-state index in [9.17, 15) is 4.79 Å². The van der Waals surface area contributed by atoms with Gasteiger partial charge in [0.15, 0.2) is 17.3 Å². The zero-order chi connectivity index (χ0) is 25.9. The maximum absolute atomic E-state index is 13.6. The molecule has 0 aliphatic rings. The molecule has 0 radical (unpaired) electrons. The number of para-hydroxylation sites is 1. The van der Waals surface area contributed by atoms with E-state index in [0.29, 0.717) is 50.1 Å². The Morgan fingerprint density at radius 2 is 1.89 bits per heavy atom. The quantitative estimate of drug-likeness (QED) is 0.215. The fourth-order valence-corrected chi connectivity index (χ4v) is 4.15. The zero-order valence-corrected chi connectivity index (χ0v) is 20.7. The molecular formula is C28H20ClN3O5. The van der Waals surface area contributed by atoms with Crippen LogP contribution in [0.15, 0.2) is 75.0 Å². The molecule has 2 aromatic heterocycles. The minimum Gasteiger partial charge on any atom is -0.496 e. The summed E-state index contributed by atoms with van der Waals surface area (Å²) < 4.78 is 23.8. The molecule has 0 aliphatic heterocycles. The Labute approximate surface area is 216 Å². The Morgan fingerprint density at radius 1 is 1.08 bits per heavy atom. The molecule has 0 spiro atoms. The van der Waals surface area contributed by atoms with Gasteiger partial charge in [-0.1, -0.05) is 35.7 Å². The summed E-state index contributed by atoms with van der Waals surface area (Å²) in [7, 11) is 3.07. The summed E-state index contributed by atoms with van der Waals surface area (Å²) in [5.74, 6) is 4.31. The molecule has 0 bridgehead atoms. The van der Waals surface area contributed by atoms with Gasteiger partial charge in [0.1, 0.15) is 17.9 Å². The first-order valence-electron chi connectivity index (χ1n) is 11.1. The number of methoxy groups -OCH3 is 2. The number of benzene rings is 3. The molecule has 37 heavy (non-hydrogen) atoms. The van der Waals surface area contributed by atoms with Crippen molar-refractivity contribution in [2.45, 2.75) is 0 Å². The number of ether oxygens (including phenoxy) is 3. The molecule has 0 saturated carbocycles. The minimum atomic E-state index is -0.385. The fraction of sp³-hybridized carbons (Fsp3) is 0.107. The number of terminal acetylenes is 1. The zero-order valence-electron chi connectivity index (χ0n) is 19.9. The molecule has 0 aliphatic carbocycles. The van der Waals surface area contributed by atoms with Gasteiger partial charge in [-0.15, -0.1) is 6.42 Å². The second kappa shape index (κ2) is 10.1. The number of halogens is 1. The third-order valence-corrected chi connectivity index (χ3v) is 5.81. The van der Waals surface area contributed by atoms with Gasteiger partial charge in [0.2, 0.25) is 5.82 Å². The van der Waals surface area contributed by atoms with Gasteiger partial charge in [-0.05, 0) is 36.4 Å². The number of aromatic nitrogens is 2. The Kier molecular flexibility index (Phi) is 6.54. The van der Waals surface area contributed by atoms with Gasteiger partial charge in [0.05, 0.1) is 36.7 Å². The van der Waals surface area contributed by atoms with Crippen molar-refractivity contribution in [3.8, 4) is 41.2 Å². The molecule has 0 atom stereocenters. The Bertz CT molecular complexity index is 1760. The largest absolute Gasteiger partial charge is 0.496 e. The van der Waals surface area contributed by atoms with Crippen molar-refractivity contribution in [3.63, 3.8) is 0 Å². The number of fused-ring (bicyclic) bond motifs is 2. The summed E-state index contributed by atoms with van der Waals surface area (Å²) in [6, 6.07) is 17.5. The van der Waals surface area contributed by atoms with Gasteiger partial charge in [0, 0.05) is 16.7 Å². The van der Waals surface area contributed by atoms with E-state index in [1.165, 1.54) is 18.0 Å². The molecule has 5 rings (SSSR count). The van der Waals surface area contributed by atoms with Gasteiger partial charge in [0.25, 0.3) is 5.56 Å². The standard InChI is InChI=1S/C28H20ClN3O5/c1-4-12-36-26-17(13-18(29)14-24(26)35-3)16-30-32-27(31-21-9-6-5-8-19(21)28(32)33)25-15-20-22(34-2)10-7-11-23(20)37-25/h1,5-11,13-16H,12H2,2-3H3. The van der Waals surface area contributed by atoms with Crippen LogP contribution < -0.4 is 19.8 Å². The maximum Gasteiger partial charge on any atom is 0.282 e. The van der Waals surface area contributed by atoms with Crippen molar-refractivity contribution < 1.29 is 18.6 Å². The van der Waals surface area contributed by atoms with Gasteiger partial charge in [-0.2, -0.15) is 9.78 Å². The SMILES string of the molecule is C#CCOc1c(C=Nn2c(-c3cc4c(OC)cccc4o3)nc3ccccc3c2=O)cc(Cl)cc1OC. The van der Waals surface area contributed by atoms with Gasteiger partial charge in [-0.25, -0.2) is 4.98 Å². The number of hydrogen-bond acceptors (Lipinski definition) is 7. The number of furan rings is 1. The first kappa shape index (κ1) is 24.0. The van der Waals surface area contributed by atoms with Crippen LogP contribution in [0.25, 0.3) is 33.5 Å². The summed E-state index contributed by atoms with van der Waals surface area (Å²) in [6.07, 6.45) is 6.81. The number of hydrogen-bond donors (Lipinski definition) is 0. The van der Waals surface area contributed by atoms with E-state index in [-0.39, 0.29) is 18.0 Å². The van der Waals surface area contributed by atoms with Crippen LogP contribution in [0.1, 0.15) is 5.56 Å². The van der Waals surface area contributed by atoms with Crippen LogP contribution in [-0.2, 0) is 0 Å². The molecule has 0 saturated heterocycles. The molecule has 2 heterocycles. The van der Waals surface area contributed by atoms with Gasteiger partial charge in [-0.3, -0.25) is 4.79 Å². The first-order chi connectivity index (χ1) is 18.0. The van der Waals surface area contributed by atoms with Crippen LogP contribution in [0, 0.1) is 12.3 Å². The van der Waals surface area contributed by atoms with Crippen molar-refractivity contribution >= 4 is 39.7 Å². The molecule has 3 aromatic carbocycles. The summed E-state index contributed by atoms with van der Waals surface area (Å²) in [4.78, 5) is 18.3. The number of nitrogens with zero attached hydrogens (tertiary/aromatic N) is 3. The van der Waals surface area contributed by atoms with E-state index < -0.39 is 0 Å². The van der Waals surface area contributed by atoms with Crippen LogP contribution in [0.4, 0.5) is 0 Å².